The number of aromatic nitrogens is 1. The molecule has 1 aromatic heterocycles. The molecule has 1 aliphatic carbocycles. The van der Waals surface area contributed by atoms with Crippen LogP contribution in [-0.4, -0.2) is 36.5 Å². The molecule has 6 nitrogen and oxygen atoms in total. The van der Waals surface area contributed by atoms with Crippen molar-refractivity contribution >= 4 is 0 Å². The fourth-order valence-electron chi connectivity index (χ4n) is 4.16. The summed E-state index contributed by atoms with van der Waals surface area (Å²) in [4.78, 5) is 4.78. The van der Waals surface area contributed by atoms with Gasteiger partial charge in [0, 0.05) is 18.7 Å². The van der Waals surface area contributed by atoms with Crippen molar-refractivity contribution < 1.29 is 14.6 Å². The maximum absolute atomic E-state index is 10.6. The molecule has 1 aromatic carbocycles. The van der Waals surface area contributed by atoms with E-state index in [9.17, 15) is 5.11 Å². The lowest BCUT2D eigenvalue weighted by Crippen LogP contribution is -2.32. The molecule has 148 valence electrons. The number of nitrogens with zero attached hydrogens (tertiary/aromatic N) is 1. The van der Waals surface area contributed by atoms with E-state index in [2.05, 4.69) is 16.7 Å². The number of aromatic hydroxyl groups is 1. The monoisotopic (exact) mass is 381 g/mol. The number of nitrogens with one attached hydrogen (secondary N) is 2. The quantitative estimate of drug-likeness (QED) is 0.739. The summed E-state index contributed by atoms with van der Waals surface area (Å²) in [5.74, 6) is 2.64. The average molecular weight is 381 g/mol. The van der Waals surface area contributed by atoms with Crippen LogP contribution < -0.4 is 20.1 Å². The minimum atomic E-state index is 0.197. The van der Waals surface area contributed by atoms with Crippen molar-refractivity contribution in [1.82, 2.24) is 15.6 Å². The van der Waals surface area contributed by atoms with Crippen molar-refractivity contribution in [2.24, 2.45) is 5.92 Å². The standard InChI is InChI=1S/C22H27N3O3/c26-19-4-1-5-20(27-12-14-6-7-14)21(19)18-9-16(15-3-2-8-23-10-15)17-11-24-13-28-22(17)25-18/h1,4-5,9,14-15,23-24,26H,2-3,6-8,10-13H2. The van der Waals surface area contributed by atoms with E-state index >= 15 is 0 Å². The van der Waals surface area contributed by atoms with Crippen LogP contribution >= 0.6 is 0 Å². The topological polar surface area (TPSA) is 75.6 Å². The average Bonchev–Trinajstić information content (AvgIpc) is 3.57. The number of hydrogen-bond acceptors (Lipinski definition) is 6. The van der Waals surface area contributed by atoms with Gasteiger partial charge in [0.1, 0.15) is 18.2 Å². The van der Waals surface area contributed by atoms with Crippen LogP contribution in [0.2, 0.25) is 0 Å². The molecule has 0 amide bonds. The van der Waals surface area contributed by atoms with Gasteiger partial charge < -0.3 is 19.9 Å². The summed E-state index contributed by atoms with van der Waals surface area (Å²) in [7, 11) is 0. The fraction of sp³-hybridized carbons (Fsp3) is 0.500. The highest BCUT2D eigenvalue weighted by atomic mass is 16.5. The third kappa shape index (κ3) is 3.54. The Labute approximate surface area is 165 Å². The van der Waals surface area contributed by atoms with Gasteiger partial charge >= 0.3 is 0 Å². The number of rotatable bonds is 5. The third-order valence-corrected chi connectivity index (χ3v) is 5.90. The number of phenols is 1. The van der Waals surface area contributed by atoms with Crippen LogP contribution in [0.5, 0.6) is 17.4 Å². The summed E-state index contributed by atoms with van der Waals surface area (Å²) >= 11 is 0. The highest BCUT2D eigenvalue weighted by Gasteiger charge is 2.27. The first-order valence-corrected chi connectivity index (χ1v) is 10.3. The summed E-state index contributed by atoms with van der Waals surface area (Å²) in [6, 6.07) is 7.57. The second-order valence-corrected chi connectivity index (χ2v) is 8.04. The SMILES string of the molecule is Oc1cccc(OCC2CC2)c1-c1cc(C2CCCNC2)c2c(n1)OCNC2. The van der Waals surface area contributed by atoms with Crippen LogP contribution in [0.15, 0.2) is 24.3 Å². The highest BCUT2D eigenvalue weighted by molar-refractivity contribution is 5.75. The Morgan fingerprint density at radius 1 is 1.21 bits per heavy atom. The van der Waals surface area contributed by atoms with E-state index in [0.29, 0.717) is 42.4 Å². The number of hydrogen-bond donors (Lipinski definition) is 3. The normalized spacial score (nSPS) is 21.6. The van der Waals surface area contributed by atoms with Crippen molar-refractivity contribution in [3.63, 3.8) is 0 Å². The lowest BCUT2D eigenvalue weighted by atomic mass is 9.87. The molecule has 0 spiro atoms. The van der Waals surface area contributed by atoms with Gasteiger partial charge in [0.05, 0.1) is 17.9 Å². The molecule has 3 heterocycles. The van der Waals surface area contributed by atoms with Crippen LogP contribution in [0.3, 0.4) is 0 Å². The van der Waals surface area contributed by atoms with Crippen molar-refractivity contribution in [2.75, 3.05) is 26.4 Å². The molecule has 2 fully saturated rings. The van der Waals surface area contributed by atoms with Gasteiger partial charge in [-0.15, -0.1) is 0 Å². The first-order valence-electron chi connectivity index (χ1n) is 10.3. The van der Waals surface area contributed by atoms with Gasteiger partial charge in [-0.2, -0.15) is 0 Å². The van der Waals surface area contributed by atoms with Crippen molar-refractivity contribution in [3.8, 4) is 28.6 Å². The Bertz CT molecular complexity index is 860. The van der Waals surface area contributed by atoms with Crippen LogP contribution in [0.1, 0.15) is 42.7 Å². The molecular weight excluding hydrogens is 354 g/mol. The number of pyridine rings is 1. The summed E-state index contributed by atoms with van der Waals surface area (Å²) in [6.07, 6.45) is 4.77. The van der Waals surface area contributed by atoms with Gasteiger partial charge in [-0.1, -0.05) is 6.07 Å². The van der Waals surface area contributed by atoms with Gasteiger partial charge in [-0.3, -0.25) is 5.32 Å². The fourth-order valence-corrected chi connectivity index (χ4v) is 4.16. The van der Waals surface area contributed by atoms with Crippen molar-refractivity contribution in [2.45, 2.75) is 38.1 Å². The number of phenolic OH excluding ortho intramolecular Hbond substituents is 1. The minimum absolute atomic E-state index is 0.197. The first kappa shape index (κ1) is 17.8. The zero-order valence-electron chi connectivity index (χ0n) is 16.0. The zero-order chi connectivity index (χ0) is 18.9. The van der Waals surface area contributed by atoms with E-state index < -0.39 is 0 Å². The van der Waals surface area contributed by atoms with E-state index in [1.54, 1.807) is 6.07 Å². The number of fused-ring (bicyclic) bond motifs is 1. The van der Waals surface area contributed by atoms with Gasteiger partial charge in [-0.05, 0) is 67.8 Å². The van der Waals surface area contributed by atoms with Crippen LogP contribution in [0.4, 0.5) is 0 Å². The van der Waals surface area contributed by atoms with E-state index in [4.69, 9.17) is 14.5 Å². The van der Waals surface area contributed by atoms with Crippen LogP contribution in [0, 0.1) is 5.92 Å². The highest BCUT2D eigenvalue weighted by Crippen LogP contribution is 2.42. The zero-order valence-corrected chi connectivity index (χ0v) is 16.0. The molecule has 2 aliphatic heterocycles. The lowest BCUT2D eigenvalue weighted by molar-refractivity contribution is 0.244. The second kappa shape index (κ2) is 7.60. The summed E-state index contributed by atoms with van der Waals surface area (Å²) in [6.45, 7) is 3.95. The molecule has 3 N–H and O–H groups in total. The van der Waals surface area contributed by atoms with Gasteiger partial charge in [0.15, 0.2) is 0 Å². The summed E-state index contributed by atoms with van der Waals surface area (Å²) in [5, 5.41) is 17.4. The van der Waals surface area contributed by atoms with Gasteiger partial charge in [-0.25, -0.2) is 4.98 Å². The molecule has 3 aliphatic rings. The van der Waals surface area contributed by atoms with Gasteiger partial charge in [0.25, 0.3) is 0 Å². The number of ether oxygens (including phenoxy) is 2. The number of benzene rings is 1. The van der Waals surface area contributed by atoms with Crippen molar-refractivity contribution in [3.05, 3.63) is 35.4 Å². The van der Waals surface area contributed by atoms with E-state index in [-0.39, 0.29) is 5.75 Å². The van der Waals surface area contributed by atoms with Crippen LogP contribution in [-0.2, 0) is 6.54 Å². The maximum Gasteiger partial charge on any atom is 0.220 e. The third-order valence-electron chi connectivity index (χ3n) is 5.90. The summed E-state index contributed by atoms with van der Waals surface area (Å²) < 4.78 is 11.9. The predicted octanol–water partition coefficient (Wildman–Crippen LogP) is 3.15. The Morgan fingerprint density at radius 2 is 2.14 bits per heavy atom. The molecule has 0 radical (unpaired) electrons. The lowest BCUT2D eigenvalue weighted by Gasteiger charge is -2.29. The van der Waals surface area contributed by atoms with Crippen LogP contribution in [0.25, 0.3) is 11.3 Å². The molecule has 28 heavy (non-hydrogen) atoms. The molecule has 5 rings (SSSR count). The molecule has 1 atom stereocenters. The minimum Gasteiger partial charge on any atom is -0.507 e. The smallest absolute Gasteiger partial charge is 0.220 e. The Balaban J connectivity index is 1.58. The molecule has 1 saturated carbocycles. The maximum atomic E-state index is 10.6. The molecule has 1 unspecified atom stereocenters. The molecule has 6 heteroatoms. The Morgan fingerprint density at radius 3 is 2.96 bits per heavy atom. The van der Waals surface area contributed by atoms with E-state index in [1.807, 2.05) is 12.1 Å². The summed E-state index contributed by atoms with van der Waals surface area (Å²) in [5.41, 5.74) is 3.79. The largest absolute Gasteiger partial charge is 0.507 e. The Hall–Kier alpha value is -2.31. The molecule has 2 aromatic rings. The first-order chi connectivity index (χ1) is 13.8. The predicted molar refractivity (Wildman–Crippen MR) is 107 cm³/mol. The van der Waals surface area contributed by atoms with E-state index in [0.717, 1.165) is 43.7 Å². The Kier molecular flexibility index (Phi) is 4.82. The molecule has 1 saturated heterocycles. The molecule has 0 bridgehead atoms. The second-order valence-electron chi connectivity index (χ2n) is 8.04. The van der Waals surface area contributed by atoms with Gasteiger partial charge in [0.2, 0.25) is 5.88 Å². The van der Waals surface area contributed by atoms with Crippen molar-refractivity contribution in [1.29, 1.82) is 0 Å². The molecular formula is C22H27N3O3. The van der Waals surface area contributed by atoms with E-state index in [1.165, 1.54) is 18.4 Å². The number of piperidine rings is 1.